The van der Waals surface area contributed by atoms with E-state index in [9.17, 15) is 9.65 Å². The Bertz CT molecular complexity index is 578. The first kappa shape index (κ1) is 12.5. The van der Waals surface area contributed by atoms with Crippen molar-refractivity contribution in [2.45, 2.75) is 11.1 Å². The molecule has 0 spiro atoms. The molecule has 1 aromatic carbocycles. The largest absolute Gasteiger partial charge is 0.231 e. The lowest BCUT2D eigenvalue weighted by Crippen LogP contribution is -2.02. The Labute approximate surface area is 109 Å². The smallest absolute Gasteiger partial charge is 0.187 e. The van der Waals surface area contributed by atoms with Crippen LogP contribution >= 0.6 is 11.8 Å². The van der Waals surface area contributed by atoms with Crippen LogP contribution in [0.1, 0.15) is 17.2 Å². The van der Waals surface area contributed by atoms with Gasteiger partial charge in [-0.1, -0.05) is 23.9 Å². The molecule has 0 saturated heterocycles. The van der Waals surface area contributed by atoms with E-state index in [4.69, 9.17) is 0 Å². The Morgan fingerprint density at radius 1 is 1.28 bits per heavy atom. The van der Waals surface area contributed by atoms with Gasteiger partial charge in [0.05, 0.1) is 11.8 Å². The number of rotatable bonds is 3. The van der Waals surface area contributed by atoms with E-state index >= 15 is 0 Å². The predicted octanol–water partition coefficient (Wildman–Crippen LogP) is 2.99. The molecule has 0 bridgehead atoms. The van der Waals surface area contributed by atoms with Crippen LogP contribution in [0.15, 0.2) is 41.7 Å². The van der Waals surface area contributed by atoms with E-state index in [1.54, 1.807) is 24.4 Å². The molecule has 0 N–H and O–H groups in total. The topological polar surface area (TPSA) is 49.6 Å². The van der Waals surface area contributed by atoms with Crippen molar-refractivity contribution in [3.05, 3.63) is 53.6 Å². The minimum atomic E-state index is -0.500. The van der Waals surface area contributed by atoms with E-state index < -0.39 is 5.92 Å². The zero-order valence-corrected chi connectivity index (χ0v) is 10.5. The van der Waals surface area contributed by atoms with Crippen molar-refractivity contribution in [1.82, 2.24) is 9.97 Å². The predicted molar refractivity (Wildman–Crippen MR) is 67.7 cm³/mol. The van der Waals surface area contributed by atoms with Crippen LogP contribution in [-0.2, 0) is 0 Å². The monoisotopic (exact) mass is 259 g/mol. The molecule has 2 rings (SSSR count). The summed E-state index contributed by atoms with van der Waals surface area (Å²) in [7, 11) is 0. The van der Waals surface area contributed by atoms with Crippen LogP contribution in [0.5, 0.6) is 0 Å². The number of benzene rings is 1. The summed E-state index contributed by atoms with van der Waals surface area (Å²) in [5.74, 6) is -0.817. The quantitative estimate of drug-likeness (QED) is 0.628. The molecule has 0 fully saturated rings. The second kappa shape index (κ2) is 5.61. The molecule has 18 heavy (non-hydrogen) atoms. The van der Waals surface area contributed by atoms with Gasteiger partial charge in [-0.25, -0.2) is 14.4 Å². The normalized spacial score (nSPS) is 11.8. The van der Waals surface area contributed by atoms with Crippen molar-refractivity contribution in [3.63, 3.8) is 0 Å². The van der Waals surface area contributed by atoms with Gasteiger partial charge in [0, 0.05) is 6.20 Å². The molecular weight excluding hydrogens is 249 g/mol. The van der Waals surface area contributed by atoms with Crippen LogP contribution in [0.25, 0.3) is 0 Å². The second-order valence-electron chi connectivity index (χ2n) is 3.58. The second-order valence-corrected chi connectivity index (χ2v) is 4.36. The average Bonchev–Trinajstić information content (AvgIpc) is 2.42. The summed E-state index contributed by atoms with van der Waals surface area (Å²) in [5.41, 5.74) is 1.35. The third kappa shape index (κ3) is 2.66. The molecule has 1 atom stereocenters. The Balaban J connectivity index is 2.39. The molecule has 1 aromatic heterocycles. The summed E-state index contributed by atoms with van der Waals surface area (Å²) in [5, 5.41) is 9.88. The first-order chi connectivity index (χ1) is 8.74. The summed E-state index contributed by atoms with van der Waals surface area (Å²) >= 11 is 1.42. The summed E-state index contributed by atoms with van der Waals surface area (Å²) in [6, 6.07) is 9.78. The standard InChI is InChI=1S/C13H10FN3S/c1-18-13-16-7-6-12(17-13)11(8-15)9-2-4-10(14)5-3-9/h2-7,11H,1H3. The van der Waals surface area contributed by atoms with Gasteiger partial charge in [-0.3, -0.25) is 0 Å². The van der Waals surface area contributed by atoms with Crippen LogP contribution in [-0.4, -0.2) is 16.2 Å². The maximum absolute atomic E-state index is 12.9. The van der Waals surface area contributed by atoms with E-state index in [1.165, 1.54) is 23.9 Å². The van der Waals surface area contributed by atoms with Gasteiger partial charge >= 0.3 is 0 Å². The number of nitrogens with zero attached hydrogens (tertiary/aromatic N) is 3. The highest BCUT2D eigenvalue weighted by atomic mass is 32.2. The van der Waals surface area contributed by atoms with Crippen molar-refractivity contribution < 1.29 is 4.39 Å². The Kier molecular flexibility index (Phi) is 3.90. The fourth-order valence-corrected chi connectivity index (χ4v) is 1.94. The zero-order valence-electron chi connectivity index (χ0n) is 9.67. The Morgan fingerprint density at radius 3 is 2.61 bits per heavy atom. The maximum atomic E-state index is 12.9. The lowest BCUT2D eigenvalue weighted by molar-refractivity contribution is 0.627. The highest BCUT2D eigenvalue weighted by molar-refractivity contribution is 7.98. The van der Waals surface area contributed by atoms with E-state index in [2.05, 4.69) is 16.0 Å². The molecular formula is C13H10FN3S. The molecule has 0 aliphatic rings. The van der Waals surface area contributed by atoms with Crippen LogP contribution in [0.3, 0.4) is 0 Å². The van der Waals surface area contributed by atoms with Crippen molar-refractivity contribution in [3.8, 4) is 6.07 Å². The molecule has 0 saturated carbocycles. The average molecular weight is 259 g/mol. The van der Waals surface area contributed by atoms with Gasteiger partial charge in [0.1, 0.15) is 11.7 Å². The van der Waals surface area contributed by atoms with Gasteiger partial charge in [0.15, 0.2) is 5.16 Å². The summed E-state index contributed by atoms with van der Waals surface area (Å²) in [6.07, 6.45) is 3.50. The number of nitriles is 1. The molecule has 1 unspecified atom stereocenters. The van der Waals surface area contributed by atoms with Gasteiger partial charge < -0.3 is 0 Å². The SMILES string of the molecule is CSc1nccc(C(C#N)c2ccc(F)cc2)n1. The van der Waals surface area contributed by atoms with Gasteiger partial charge in [-0.05, 0) is 30.0 Å². The maximum Gasteiger partial charge on any atom is 0.187 e. The number of halogens is 1. The first-order valence-electron chi connectivity index (χ1n) is 5.26. The Hall–Kier alpha value is -1.93. The van der Waals surface area contributed by atoms with Crippen LogP contribution in [0.4, 0.5) is 4.39 Å². The van der Waals surface area contributed by atoms with Crippen LogP contribution < -0.4 is 0 Å². The molecule has 5 heteroatoms. The van der Waals surface area contributed by atoms with Gasteiger partial charge in [-0.2, -0.15) is 5.26 Å². The fourth-order valence-electron chi connectivity index (χ4n) is 1.58. The summed E-state index contributed by atoms with van der Waals surface area (Å²) < 4.78 is 12.9. The summed E-state index contributed by atoms with van der Waals surface area (Å²) in [6.45, 7) is 0. The molecule has 0 aliphatic heterocycles. The highest BCUT2D eigenvalue weighted by Crippen LogP contribution is 2.23. The van der Waals surface area contributed by atoms with E-state index in [-0.39, 0.29) is 5.82 Å². The number of thioether (sulfide) groups is 1. The number of hydrogen-bond acceptors (Lipinski definition) is 4. The molecule has 2 aromatic rings. The molecule has 90 valence electrons. The van der Waals surface area contributed by atoms with E-state index in [0.29, 0.717) is 10.9 Å². The molecule has 1 heterocycles. The molecule has 0 amide bonds. The number of hydrogen-bond donors (Lipinski definition) is 0. The van der Waals surface area contributed by atoms with Gasteiger partial charge in [-0.15, -0.1) is 0 Å². The van der Waals surface area contributed by atoms with E-state index in [0.717, 1.165) is 5.56 Å². The summed E-state index contributed by atoms with van der Waals surface area (Å²) in [4.78, 5) is 8.36. The molecule has 0 aliphatic carbocycles. The van der Waals surface area contributed by atoms with Crippen LogP contribution in [0, 0.1) is 17.1 Å². The minimum absolute atomic E-state index is 0.317. The zero-order chi connectivity index (χ0) is 13.0. The van der Waals surface area contributed by atoms with Crippen molar-refractivity contribution >= 4 is 11.8 Å². The third-order valence-electron chi connectivity index (χ3n) is 2.47. The first-order valence-corrected chi connectivity index (χ1v) is 6.49. The number of aromatic nitrogens is 2. The van der Waals surface area contributed by atoms with Crippen molar-refractivity contribution in [1.29, 1.82) is 5.26 Å². The lowest BCUT2D eigenvalue weighted by Gasteiger charge is -2.09. The molecule has 0 radical (unpaired) electrons. The third-order valence-corrected chi connectivity index (χ3v) is 3.03. The van der Waals surface area contributed by atoms with Gasteiger partial charge in [0.2, 0.25) is 0 Å². The lowest BCUT2D eigenvalue weighted by atomic mass is 9.97. The van der Waals surface area contributed by atoms with E-state index in [1.807, 2.05) is 6.26 Å². The fraction of sp³-hybridized carbons (Fsp3) is 0.154. The van der Waals surface area contributed by atoms with Crippen LogP contribution in [0.2, 0.25) is 0 Å². The minimum Gasteiger partial charge on any atom is -0.231 e. The Morgan fingerprint density at radius 2 is 2.00 bits per heavy atom. The molecule has 3 nitrogen and oxygen atoms in total. The van der Waals surface area contributed by atoms with Crippen molar-refractivity contribution in [2.24, 2.45) is 0 Å². The van der Waals surface area contributed by atoms with Crippen molar-refractivity contribution in [2.75, 3.05) is 6.26 Å². The highest BCUT2D eigenvalue weighted by Gasteiger charge is 2.15. The van der Waals surface area contributed by atoms with Gasteiger partial charge in [0.25, 0.3) is 0 Å².